The molecule has 0 radical (unpaired) electrons. The summed E-state index contributed by atoms with van der Waals surface area (Å²) < 4.78 is 65.8. The van der Waals surface area contributed by atoms with Gasteiger partial charge in [-0.05, 0) is 18.6 Å². The van der Waals surface area contributed by atoms with Crippen molar-refractivity contribution in [3.05, 3.63) is 30.3 Å². The van der Waals surface area contributed by atoms with Crippen molar-refractivity contribution in [1.29, 1.82) is 0 Å². The van der Waals surface area contributed by atoms with Gasteiger partial charge in [-0.2, -0.15) is 0 Å². The Hall–Kier alpha value is -1.42. The van der Waals surface area contributed by atoms with Gasteiger partial charge in [0.2, 0.25) is 0 Å². The first-order valence-corrected chi connectivity index (χ1v) is 16.5. The van der Waals surface area contributed by atoms with Crippen molar-refractivity contribution in [2.24, 2.45) is 0 Å². The summed E-state index contributed by atoms with van der Waals surface area (Å²) in [5.41, 5.74) is 0. The van der Waals surface area contributed by atoms with Crippen molar-refractivity contribution in [3.8, 4) is 5.75 Å². The van der Waals surface area contributed by atoms with Crippen molar-refractivity contribution in [1.82, 2.24) is 0 Å². The van der Waals surface area contributed by atoms with Gasteiger partial charge in [-0.15, -0.1) is 0 Å². The maximum Gasteiger partial charge on any atom is 0.119 e. The normalized spacial score (nSPS) is 11.4. The summed E-state index contributed by atoms with van der Waals surface area (Å²) in [5.74, 6) is 0.846. The largest absolute Gasteiger partial charge is 0.491 e. The van der Waals surface area contributed by atoms with Gasteiger partial charge in [0.05, 0.1) is 139 Å². The van der Waals surface area contributed by atoms with Crippen molar-refractivity contribution in [3.63, 3.8) is 0 Å². The second kappa shape index (κ2) is 37.0. The Labute approximate surface area is 271 Å². The van der Waals surface area contributed by atoms with E-state index in [-0.39, 0.29) is 0 Å². The zero-order chi connectivity index (χ0) is 32.0. The molecule has 12 nitrogen and oxygen atoms in total. The number of ether oxygens (including phenoxy) is 12. The van der Waals surface area contributed by atoms with Gasteiger partial charge in [0.15, 0.2) is 0 Å². The van der Waals surface area contributed by atoms with Crippen LogP contribution in [0.4, 0.5) is 0 Å². The van der Waals surface area contributed by atoms with Crippen molar-refractivity contribution >= 4 is 0 Å². The van der Waals surface area contributed by atoms with Crippen LogP contribution in [0.1, 0.15) is 26.2 Å². The van der Waals surface area contributed by atoms with Crippen molar-refractivity contribution < 1.29 is 56.8 Å². The minimum Gasteiger partial charge on any atom is -0.491 e. The highest BCUT2D eigenvalue weighted by molar-refractivity contribution is 5.20. The first-order chi connectivity index (χ1) is 22.4. The van der Waals surface area contributed by atoms with Gasteiger partial charge in [-0.3, -0.25) is 0 Å². The van der Waals surface area contributed by atoms with Gasteiger partial charge in [0.1, 0.15) is 12.4 Å². The van der Waals surface area contributed by atoms with E-state index in [0.717, 1.165) is 18.8 Å². The van der Waals surface area contributed by atoms with Gasteiger partial charge in [-0.1, -0.05) is 38.0 Å². The predicted molar refractivity (Wildman–Crippen MR) is 170 cm³/mol. The van der Waals surface area contributed by atoms with Gasteiger partial charge in [-0.25, -0.2) is 0 Å². The molecular weight excluding hydrogens is 588 g/mol. The predicted octanol–water partition coefficient (Wildman–Crippen LogP) is 3.44. The summed E-state index contributed by atoms with van der Waals surface area (Å²) in [6.07, 6.45) is 3.55. The lowest BCUT2D eigenvalue weighted by atomic mass is 10.3. The van der Waals surface area contributed by atoms with E-state index in [1.807, 2.05) is 30.3 Å². The highest BCUT2D eigenvalue weighted by atomic mass is 16.6. The summed E-state index contributed by atoms with van der Waals surface area (Å²) in [6.45, 7) is 14.8. The van der Waals surface area contributed by atoms with E-state index >= 15 is 0 Å². The Bertz CT molecular complexity index is 670. The SMILES string of the molecule is CCCCCOCCOCCOCCOCCOCCOCCOCCOCCOCCOCCOCCOc1ccccc1. The molecular formula is C33H60O12. The summed E-state index contributed by atoms with van der Waals surface area (Å²) >= 11 is 0. The van der Waals surface area contributed by atoms with Crippen LogP contribution in [-0.4, -0.2) is 152 Å². The summed E-state index contributed by atoms with van der Waals surface area (Å²) in [4.78, 5) is 0. The van der Waals surface area contributed by atoms with Crippen LogP contribution in [0.2, 0.25) is 0 Å². The fraction of sp³-hybridized carbons (Fsp3) is 0.818. The van der Waals surface area contributed by atoms with Gasteiger partial charge in [0, 0.05) is 6.61 Å². The molecule has 0 aliphatic heterocycles. The second-order valence-electron chi connectivity index (χ2n) is 9.60. The van der Waals surface area contributed by atoms with E-state index in [2.05, 4.69) is 6.92 Å². The Morgan fingerprint density at radius 2 is 0.578 bits per heavy atom. The molecule has 0 aliphatic rings. The molecule has 0 bridgehead atoms. The van der Waals surface area contributed by atoms with Crippen molar-refractivity contribution in [2.45, 2.75) is 26.2 Å². The Kier molecular flexibility index (Phi) is 34.2. The lowest BCUT2D eigenvalue weighted by Gasteiger charge is -2.09. The fourth-order valence-corrected chi connectivity index (χ4v) is 3.49. The topological polar surface area (TPSA) is 111 Å². The average Bonchev–Trinajstić information content (AvgIpc) is 3.06. The molecule has 12 heteroatoms. The van der Waals surface area contributed by atoms with Gasteiger partial charge >= 0.3 is 0 Å². The zero-order valence-electron chi connectivity index (χ0n) is 27.7. The Balaban J connectivity index is 1.61. The molecule has 0 N–H and O–H groups in total. The van der Waals surface area contributed by atoms with Crippen molar-refractivity contribution in [2.75, 3.05) is 152 Å². The molecule has 0 saturated heterocycles. The maximum atomic E-state index is 5.55. The van der Waals surface area contributed by atoms with Crippen LogP contribution in [0.5, 0.6) is 5.75 Å². The van der Waals surface area contributed by atoms with Crippen LogP contribution in [-0.2, 0) is 52.1 Å². The fourth-order valence-electron chi connectivity index (χ4n) is 3.49. The van der Waals surface area contributed by atoms with E-state index in [0.29, 0.717) is 145 Å². The second-order valence-corrected chi connectivity index (χ2v) is 9.60. The van der Waals surface area contributed by atoms with E-state index in [1.165, 1.54) is 12.8 Å². The molecule has 0 amide bonds. The average molecular weight is 649 g/mol. The summed E-state index contributed by atoms with van der Waals surface area (Å²) in [6, 6.07) is 9.68. The molecule has 0 atom stereocenters. The summed E-state index contributed by atoms with van der Waals surface area (Å²) in [7, 11) is 0. The third-order valence-electron chi connectivity index (χ3n) is 5.85. The number of hydrogen-bond donors (Lipinski definition) is 0. The minimum atomic E-state index is 0.515. The highest BCUT2D eigenvalue weighted by Crippen LogP contribution is 2.07. The number of para-hydroxylation sites is 1. The monoisotopic (exact) mass is 648 g/mol. The lowest BCUT2D eigenvalue weighted by molar-refractivity contribution is -0.0277. The molecule has 0 saturated carbocycles. The van der Waals surface area contributed by atoms with Crippen LogP contribution < -0.4 is 4.74 Å². The number of unbranched alkanes of at least 4 members (excludes halogenated alkanes) is 2. The Morgan fingerprint density at radius 1 is 0.311 bits per heavy atom. The van der Waals surface area contributed by atoms with Crippen LogP contribution in [0, 0.1) is 0 Å². The quantitative estimate of drug-likeness (QED) is 0.0980. The number of rotatable bonds is 38. The van der Waals surface area contributed by atoms with Crippen LogP contribution in [0.3, 0.4) is 0 Å². The molecule has 0 aromatic heterocycles. The number of hydrogen-bond acceptors (Lipinski definition) is 12. The van der Waals surface area contributed by atoms with Crippen LogP contribution >= 0.6 is 0 Å². The van der Waals surface area contributed by atoms with Gasteiger partial charge < -0.3 is 56.8 Å². The van der Waals surface area contributed by atoms with Crippen LogP contribution in [0.25, 0.3) is 0 Å². The minimum absolute atomic E-state index is 0.515. The van der Waals surface area contributed by atoms with Gasteiger partial charge in [0.25, 0.3) is 0 Å². The molecule has 264 valence electrons. The van der Waals surface area contributed by atoms with Crippen LogP contribution in [0.15, 0.2) is 30.3 Å². The standard InChI is InChI=1S/C33H60O12/c1-2-3-7-10-34-11-12-35-13-14-36-15-16-37-17-18-38-19-20-39-21-22-40-23-24-41-25-26-42-27-28-43-29-30-44-31-32-45-33-8-5-4-6-9-33/h4-6,8-9H,2-3,7,10-32H2,1H3. The van der Waals surface area contributed by atoms with E-state index in [1.54, 1.807) is 0 Å². The molecule has 0 heterocycles. The molecule has 1 rings (SSSR count). The first-order valence-electron chi connectivity index (χ1n) is 16.5. The third kappa shape index (κ3) is 33.8. The Morgan fingerprint density at radius 3 is 0.867 bits per heavy atom. The van der Waals surface area contributed by atoms with E-state index < -0.39 is 0 Å². The lowest BCUT2D eigenvalue weighted by Crippen LogP contribution is -2.15. The molecule has 0 fully saturated rings. The molecule has 1 aromatic rings. The van der Waals surface area contributed by atoms with E-state index in [4.69, 9.17) is 56.8 Å². The molecule has 0 spiro atoms. The smallest absolute Gasteiger partial charge is 0.119 e. The van der Waals surface area contributed by atoms with E-state index in [9.17, 15) is 0 Å². The molecule has 0 aliphatic carbocycles. The highest BCUT2D eigenvalue weighted by Gasteiger charge is 1.97. The molecule has 1 aromatic carbocycles. The third-order valence-corrected chi connectivity index (χ3v) is 5.85. The summed E-state index contributed by atoms with van der Waals surface area (Å²) in [5, 5.41) is 0. The zero-order valence-corrected chi connectivity index (χ0v) is 27.7. The molecule has 0 unspecified atom stereocenters. The number of benzene rings is 1. The maximum absolute atomic E-state index is 5.55. The first kappa shape index (κ1) is 41.6. The molecule has 45 heavy (non-hydrogen) atoms.